The zero-order chi connectivity index (χ0) is 32.6. The van der Waals surface area contributed by atoms with E-state index in [9.17, 15) is 0 Å². The van der Waals surface area contributed by atoms with Crippen molar-refractivity contribution in [2.45, 2.75) is 181 Å². The minimum atomic E-state index is 0. The molecule has 0 spiro atoms. The molecule has 0 heterocycles. The van der Waals surface area contributed by atoms with E-state index in [1.165, 1.54) is 148 Å². The Bertz CT molecular complexity index is 1030. The molecule has 0 fully saturated rings. The van der Waals surface area contributed by atoms with Crippen LogP contribution in [0.1, 0.15) is 181 Å². The molecule has 2 nitrogen and oxygen atoms in total. The molecule has 0 aliphatic carbocycles. The molecule has 2 aromatic carbocycles. The van der Waals surface area contributed by atoms with Gasteiger partial charge in [0.2, 0.25) is 0 Å². The molecule has 47 heavy (non-hydrogen) atoms. The molecular weight excluding hydrogens is 615 g/mol. The van der Waals surface area contributed by atoms with E-state index in [-0.39, 0.29) is 16.5 Å². The first-order valence-corrected chi connectivity index (χ1v) is 19.8. The van der Waals surface area contributed by atoms with Crippen molar-refractivity contribution in [3.05, 3.63) is 72.8 Å². The molecule has 0 unspecified atom stereocenters. The third-order valence-electron chi connectivity index (χ3n) is 9.09. The van der Waals surface area contributed by atoms with Crippen LogP contribution in [0.4, 0.5) is 11.4 Å². The fourth-order valence-electron chi connectivity index (χ4n) is 6.17. The molecule has 0 atom stereocenters. The van der Waals surface area contributed by atoms with Crippen LogP contribution >= 0.6 is 0 Å². The standard InChI is InChI=1S/C44H70N2.Ni/c1-3-5-7-9-11-12-13-14-15-16-17-18-19-20-21-22-23-24-26-34-40-44(46-42-37-31-28-32-38-42)43(39-33-25-10-8-6-4-2)45-41-35-29-27-30-36-41;/h27-32,34-38,40H,3-26,33,39H2,1-2H3;. The smallest absolute Gasteiger partial charge is 0.0848 e. The molecule has 0 saturated heterocycles. The molecule has 0 aliphatic rings. The second-order valence-electron chi connectivity index (χ2n) is 13.4. The summed E-state index contributed by atoms with van der Waals surface area (Å²) in [7, 11) is 0. The van der Waals surface area contributed by atoms with E-state index < -0.39 is 0 Å². The molecule has 0 amide bonds. The Morgan fingerprint density at radius 1 is 0.447 bits per heavy atom. The third-order valence-corrected chi connectivity index (χ3v) is 9.09. The number of para-hydroxylation sites is 2. The van der Waals surface area contributed by atoms with Gasteiger partial charge in [0.15, 0.2) is 0 Å². The average Bonchev–Trinajstić information content (AvgIpc) is 3.08. The molecule has 3 heteroatoms. The van der Waals surface area contributed by atoms with Gasteiger partial charge in [0, 0.05) is 16.5 Å². The maximum atomic E-state index is 5.13. The van der Waals surface area contributed by atoms with Crippen LogP contribution in [-0.2, 0) is 16.5 Å². The van der Waals surface area contributed by atoms with Crippen molar-refractivity contribution in [3.8, 4) is 0 Å². The number of nitrogens with zero attached hydrogens (tertiary/aromatic N) is 2. The number of hydrogen-bond donors (Lipinski definition) is 0. The minimum absolute atomic E-state index is 0. The van der Waals surface area contributed by atoms with E-state index in [0.717, 1.165) is 42.1 Å². The normalized spacial score (nSPS) is 12.1. The maximum Gasteiger partial charge on any atom is 0.0848 e. The Hall–Kier alpha value is -1.99. The number of unbranched alkanes of at least 4 members (excludes halogenated alkanes) is 23. The van der Waals surface area contributed by atoms with E-state index in [4.69, 9.17) is 9.98 Å². The Labute approximate surface area is 301 Å². The quantitative estimate of drug-likeness (QED) is 0.0444. The monoisotopic (exact) mass is 684 g/mol. The van der Waals surface area contributed by atoms with E-state index >= 15 is 0 Å². The summed E-state index contributed by atoms with van der Waals surface area (Å²) in [5.41, 5.74) is 4.14. The van der Waals surface area contributed by atoms with Crippen molar-refractivity contribution in [1.29, 1.82) is 0 Å². The van der Waals surface area contributed by atoms with Crippen molar-refractivity contribution in [1.82, 2.24) is 0 Å². The fourth-order valence-corrected chi connectivity index (χ4v) is 6.17. The Morgan fingerprint density at radius 3 is 1.23 bits per heavy atom. The van der Waals surface area contributed by atoms with Gasteiger partial charge in [-0.25, -0.2) is 4.99 Å². The summed E-state index contributed by atoms with van der Waals surface area (Å²) >= 11 is 0. The molecule has 0 aromatic heterocycles. The van der Waals surface area contributed by atoms with Crippen molar-refractivity contribution in [2.75, 3.05) is 0 Å². The first kappa shape index (κ1) is 43.0. The number of allylic oxidation sites excluding steroid dienone is 2. The Kier molecular flexibility index (Phi) is 29.8. The van der Waals surface area contributed by atoms with Crippen LogP contribution in [0.25, 0.3) is 0 Å². The Morgan fingerprint density at radius 2 is 0.809 bits per heavy atom. The predicted octanol–water partition coefficient (Wildman–Crippen LogP) is 15.3. The summed E-state index contributed by atoms with van der Waals surface area (Å²) in [5.74, 6) is 0. The van der Waals surface area contributed by atoms with Crippen LogP contribution in [0, 0.1) is 0 Å². The van der Waals surface area contributed by atoms with Gasteiger partial charge in [0.25, 0.3) is 0 Å². The van der Waals surface area contributed by atoms with Crippen molar-refractivity contribution in [3.63, 3.8) is 0 Å². The second-order valence-corrected chi connectivity index (χ2v) is 13.4. The number of aliphatic imine (C=N–C) groups is 2. The zero-order valence-electron chi connectivity index (χ0n) is 30.5. The first-order chi connectivity index (χ1) is 22.8. The third kappa shape index (κ3) is 24.8. The van der Waals surface area contributed by atoms with Gasteiger partial charge < -0.3 is 0 Å². The van der Waals surface area contributed by atoms with E-state index in [0.29, 0.717) is 0 Å². The fraction of sp³-hybridized carbons (Fsp3) is 0.636. The summed E-state index contributed by atoms with van der Waals surface area (Å²) in [6.07, 6.45) is 39.9. The van der Waals surface area contributed by atoms with Gasteiger partial charge in [0.1, 0.15) is 0 Å². The van der Waals surface area contributed by atoms with E-state index in [2.05, 4.69) is 86.7 Å². The maximum absolute atomic E-state index is 5.13. The van der Waals surface area contributed by atoms with Gasteiger partial charge in [-0.3, -0.25) is 4.99 Å². The van der Waals surface area contributed by atoms with E-state index in [1.54, 1.807) is 0 Å². The SMILES string of the molecule is CCCCCCCCCCCCCCCCCCCCC=CC(=Nc1ccccc1)C(CCCCCCCC)=Nc1ccccc1.[Ni]. The molecule has 2 aromatic rings. The van der Waals surface area contributed by atoms with Crippen molar-refractivity contribution < 1.29 is 16.5 Å². The molecule has 2 rings (SSSR count). The molecule has 0 radical (unpaired) electrons. The molecule has 0 N–H and O–H groups in total. The second kappa shape index (κ2) is 32.6. The largest absolute Gasteiger partial charge is 0.251 e. The molecule has 266 valence electrons. The van der Waals surface area contributed by atoms with Crippen molar-refractivity contribution >= 4 is 22.8 Å². The minimum Gasteiger partial charge on any atom is -0.251 e. The number of benzene rings is 2. The summed E-state index contributed by atoms with van der Waals surface area (Å²) in [6.45, 7) is 4.58. The number of rotatable bonds is 30. The van der Waals surface area contributed by atoms with Crippen LogP contribution < -0.4 is 0 Å². The average molecular weight is 686 g/mol. The van der Waals surface area contributed by atoms with E-state index in [1.807, 2.05) is 0 Å². The Balaban J connectivity index is 0.0000110. The predicted molar refractivity (Wildman–Crippen MR) is 208 cm³/mol. The van der Waals surface area contributed by atoms with Crippen LogP contribution in [0.15, 0.2) is 82.8 Å². The zero-order valence-corrected chi connectivity index (χ0v) is 31.5. The van der Waals surface area contributed by atoms with Gasteiger partial charge in [-0.1, -0.05) is 198 Å². The topological polar surface area (TPSA) is 24.7 Å². The van der Waals surface area contributed by atoms with Crippen molar-refractivity contribution in [2.24, 2.45) is 9.98 Å². The molecule has 0 aliphatic heterocycles. The number of hydrogen-bond acceptors (Lipinski definition) is 2. The van der Waals surface area contributed by atoms with Crippen LogP contribution in [-0.4, -0.2) is 11.4 Å². The summed E-state index contributed by atoms with van der Waals surface area (Å²) < 4.78 is 0. The van der Waals surface area contributed by atoms with Gasteiger partial charge in [-0.2, -0.15) is 0 Å². The van der Waals surface area contributed by atoms with Gasteiger partial charge in [-0.15, -0.1) is 0 Å². The van der Waals surface area contributed by atoms with Crippen LogP contribution in [0.5, 0.6) is 0 Å². The molecular formula is C44H70N2Ni. The van der Waals surface area contributed by atoms with Crippen LogP contribution in [0.2, 0.25) is 0 Å². The molecule has 0 bridgehead atoms. The van der Waals surface area contributed by atoms with Crippen LogP contribution in [0.3, 0.4) is 0 Å². The van der Waals surface area contributed by atoms with Gasteiger partial charge in [0.05, 0.1) is 22.8 Å². The first-order valence-electron chi connectivity index (χ1n) is 19.8. The molecule has 0 saturated carbocycles. The van der Waals surface area contributed by atoms with Gasteiger partial charge in [-0.05, 0) is 56.0 Å². The van der Waals surface area contributed by atoms with Gasteiger partial charge >= 0.3 is 0 Å². The summed E-state index contributed by atoms with van der Waals surface area (Å²) in [6, 6.07) is 20.8. The summed E-state index contributed by atoms with van der Waals surface area (Å²) in [5, 5.41) is 0. The summed E-state index contributed by atoms with van der Waals surface area (Å²) in [4.78, 5) is 10.2.